The van der Waals surface area contributed by atoms with Crippen molar-refractivity contribution in [3.63, 3.8) is 0 Å². The lowest BCUT2D eigenvalue weighted by Crippen LogP contribution is -2.33. The molecule has 1 aromatic carbocycles. The molecular formula is C11H13ClN2O3S. The number of benzene rings is 1. The maximum absolute atomic E-state index is 12.2. The van der Waals surface area contributed by atoms with Gasteiger partial charge in [0.2, 0.25) is 0 Å². The Bertz CT molecular complexity index is 530. The molecule has 1 aromatic rings. The summed E-state index contributed by atoms with van der Waals surface area (Å²) in [4.78, 5) is 10.3. The van der Waals surface area contributed by atoms with Crippen LogP contribution in [0, 0.1) is 0 Å². The van der Waals surface area contributed by atoms with Crippen LogP contribution in [0.1, 0.15) is 6.42 Å². The average Bonchev–Trinajstić information content (AvgIpc) is 2.63. The Labute approximate surface area is 111 Å². The molecule has 1 saturated heterocycles. The molecule has 0 aliphatic carbocycles. The van der Waals surface area contributed by atoms with Gasteiger partial charge in [0.1, 0.15) is 6.29 Å². The molecule has 1 aliphatic rings. The van der Waals surface area contributed by atoms with E-state index in [-0.39, 0.29) is 13.0 Å². The Hall–Kier alpha value is -1.11. The monoisotopic (exact) mass is 288 g/mol. The van der Waals surface area contributed by atoms with Gasteiger partial charge in [-0.15, -0.1) is 0 Å². The summed E-state index contributed by atoms with van der Waals surface area (Å²) < 4.78 is 27.0. The van der Waals surface area contributed by atoms with E-state index in [9.17, 15) is 13.2 Å². The minimum absolute atomic E-state index is 0.216. The second-order valence-electron chi connectivity index (χ2n) is 3.91. The van der Waals surface area contributed by atoms with Gasteiger partial charge in [-0.2, -0.15) is 12.7 Å². The maximum Gasteiger partial charge on any atom is 0.304 e. The molecule has 0 N–H and O–H groups in total. The molecular weight excluding hydrogens is 276 g/mol. The molecule has 1 heterocycles. The van der Waals surface area contributed by atoms with Crippen molar-refractivity contribution in [2.45, 2.75) is 6.42 Å². The Morgan fingerprint density at radius 3 is 2.50 bits per heavy atom. The quantitative estimate of drug-likeness (QED) is 0.785. The Kier molecular flexibility index (Phi) is 3.89. The third-order valence-electron chi connectivity index (χ3n) is 2.77. The third kappa shape index (κ3) is 2.50. The molecule has 0 aromatic heterocycles. The van der Waals surface area contributed by atoms with Gasteiger partial charge in [-0.05, 0) is 24.3 Å². The molecule has 18 heavy (non-hydrogen) atoms. The summed E-state index contributed by atoms with van der Waals surface area (Å²) >= 11 is 5.77. The second kappa shape index (κ2) is 5.26. The summed E-state index contributed by atoms with van der Waals surface area (Å²) in [6.07, 6.45) is 0.939. The van der Waals surface area contributed by atoms with E-state index < -0.39 is 10.2 Å². The molecule has 0 bridgehead atoms. The summed E-state index contributed by atoms with van der Waals surface area (Å²) in [7, 11) is -3.50. The highest BCUT2D eigenvalue weighted by Gasteiger charge is 2.36. The van der Waals surface area contributed by atoms with E-state index in [1.807, 2.05) is 0 Å². The van der Waals surface area contributed by atoms with Gasteiger partial charge in [-0.3, -0.25) is 4.31 Å². The number of anilines is 1. The van der Waals surface area contributed by atoms with Gasteiger partial charge in [0, 0.05) is 31.1 Å². The number of nitrogens with zero attached hydrogens (tertiary/aromatic N) is 2. The normalized spacial score (nSPS) is 19.1. The van der Waals surface area contributed by atoms with Crippen molar-refractivity contribution in [2.24, 2.45) is 0 Å². The standard InChI is InChI=1S/C11H13ClN2O3S/c12-10-2-4-11(5-3-10)14-8-7-13(6-1-9-15)18(14,16)17/h2-5,9H,1,6-8H2. The van der Waals surface area contributed by atoms with Gasteiger partial charge in [0.15, 0.2) is 0 Å². The molecule has 0 atom stereocenters. The van der Waals surface area contributed by atoms with E-state index in [0.717, 1.165) is 6.29 Å². The highest BCUT2D eigenvalue weighted by atomic mass is 35.5. The zero-order valence-corrected chi connectivity index (χ0v) is 11.2. The molecule has 7 heteroatoms. The van der Waals surface area contributed by atoms with Crippen molar-refractivity contribution in [1.82, 2.24) is 4.31 Å². The van der Waals surface area contributed by atoms with Crippen molar-refractivity contribution in [3.05, 3.63) is 29.3 Å². The molecule has 0 unspecified atom stereocenters. The van der Waals surface area contributed by atoms with E-state index in [1.165, 1.54) is 8.61 Å². The summed E-state index contributed by atoms with van der Waals surface area (Å²) in [5.74, 6) is 0. The van der Waals surface area contributed by atoms with Gasteiger partial charge in [0.05, 0.1) is 5.69 Å². The van der Waals surface area contributed by atoms with Crippen LogP contribution in [-0.4, -0.2) is 38.6 Å². The van der Waals surface area contributed by atoms with Crippen LogP contribution < -0.4 is 4.31 Å². The van der Waals surface area contributed by atoms with Crippen LogP contribution in [-0.2, 0) is 15.0 Å². The number of carbonyl (C=O) groups is 1. The SMILES string of the molecule is O=CCCN1CCN(c2ccc(Cl)cc2)S1(=O)=O. The molecule has 1 aliphatic heterocycles. The minimum Gasteiger partial charge on any atom is -0.303 e. The molecule has 0 saturated carbocycles. The molecule has 2 rings (SSSR count). The first kappa shape index (κ1) is 13.3. The van der Waals surface area contributed by atoms with E-state index in [2.05, 4.69) is 0 Å². The first-order valence-electron chi connectivity index (χ1n) is 5.53. The van der Waals surface area contributed by atoms with Gasteiger partial charge in [0.25, 0.3) is 0 Å². The van der Waals surface area contributed by atoms with Crippen LogP contribution in [0.5, 0.6) is 0 Å². The van der Waals surface area contributed by atoms with Crippen LogP contribution in [0.2, 0.25) is 5.02 Å². The van der Waals surface area contributed by atoms with Crippen LogP contribution in [0.4, 0.5) is 5.69 Å². The number of halogens is 1. The van der Waals surface area contributed by atoms with Crippen LogP contribution in [0.15, 0.2) is 24.3 Å². The van der Waals surface area contributed by atoms with Crippen LogP contribution in [0.25, 0.3) is 0 Å². The lowest BCUT2D eigenvalue weighted by atomic mass is 10.3. The van der Waals surface area contributed by atoms with Gasteiger partial charge in [-0.1, -0.05) is 11.6 Å². The Morgan fingerprint density at radius 2 is 1.89 bits per heavy atom. The highest BCUT2D eigenvalue weighted by Crippen LogP contribution is 2.26. The second-order valence-corrected chi connectivity index (χ2v) is 6.20. The topological polar surface area (TPSA) is 57.7 Å². The summed E-state index contributed by atoms with van der Waals surface area (Å²) in [5, 5.41) is 0.563. The summed E-state index contributed by atoms with van der Waals surface area (Å²) in [6, 6.07) is 6.65. The number of carbonyl (C=O) groups excluding carboxylic acids is 1. The van der Waals surface area contributed by atoms with E-state index in [1.54, 1.807) is 24.3 Å². The summed E-state index contributed by atoms with van der Waals surface area (Å²) in [6.45, 7) is 1.03. The van der Waals surface area contributed by atoms with Gasteiger partial charge in [-0.25, -0.2) is 0 Å². The Balaban J connectivity index is 2.21. The average molecular weight is 289 g/mol. The number of hydrogen-bond donors (Lipinski definition) is 0. The number of hydrogen-bond acceptors (Lipinski definition) is 3. The van der Waals surface area contributed by atoms with E-state index >= 15 is 0 Å². The van der Waals surface area contributed by atoms with Crippen molar-refractivity contribution < 1.29 is 13.2 Å². The molecule has 0 amide bonds. The van der Waals surface area contributed by atoms with E-state index in [4.69, 9.17) is 11.6 Å². The predicted octanol–water partition coefficient (Wildman–Crippen LogP) is 1.30. The minimum atomic E-state index is -3.50. The molecule has 5 nitrogen and oxygen atoms in total. The lowest BCUT2D eigenvalue weighted by Gasteiger charge is -2.19. The van der Waals surface area contributed by atoms with Crippen molar-refractivity contribution in [3.8, 4) is 0 Å². The van der Waals surface area contributed by atoms with Crippen molar-refractivity contribution >= 4 is 33.8 Å². The molecule has 0 radical (unpaired) electrons. The molecule has 0 spiro atoms. The smallest absolute Gasteiger partial charge is 0.303 e. The fourth-order valence-corrected chi connectivity index (χ4v) is 3.62. The van der Waals surface area contributed by atoms with E-state index in [0.29, 0.717) is 23.8 Å². The highest BCUT2D eigenvalue weighted by molar-refractivity contribution is 7.90. The van der Waals surface area contributed by atoms with Gasteiger partial charge < -0.3 is 4.79 Å². The predicted molar refractivity (Wildman–Crippen MR) is 70.0 cm³/mol. The number of rotatable bonds is 4. The lowest BCUT2D eigenvalue weighted by molar-refractivity contribution is -0.107. The third-order valence-corrected chi connectivity index (χ3v) is 4.99. The largest absolute Gasteiger partial charge is 0.304 e. The van der Waals surface area contributed by atoms with Crippen LogP contribution >= 0.6 is 11.6 Å². The summed E-state index contributed by atoms with van der Waals surface area (Å²) in [5.41, 5.74) is 0.591. The fraction of sp³-hybridized carbons (Fsp3) is 0.364. The van der Waals surface area contributed by atoms with Crippen molar-refractivity contribution in [1.29, 1.82) is 0 Å². The zero-order valence-electron chi connectivity index (χ0n) is 9.62. The first-order valence-corrected chi connectivity index (χ1v) is 7.30. The Morgan fingerprint density at radius 1 is 1.22 bits per heavy atom. The van der Waals surface area contributed by atoms with Crippen LogP contribution in [0.3, 0.4) is 0 Å². The van der Waals surface area contributed by atoms with Gasteiger partial charge >= 0.3 is 10.2 Å². The zero-order chi connectivity index (χ0) is 13.2. The molecule has 98 valence electrons. The number of aldehydes is 1. The fourth-order valence-electron chi connectivity index (χ4n) is 1.87. The first-order chi connectivity index (χ1) is 8.55. The maximum atomic E-state index is 12.2. The molecule has 1 fully saturated rings. The van der Waals surface area contributed by atoms with Crippen molar-refractivity contribution in [2.75, 3.05) is 23.9 Å².